The summed E-state index contributed by atoms with van der Waals surface area (Å²) in [5, 5.41) is 5.17. The molecule has 2 atom stereocenters. The van der Waals surface area contributed by atoms with Crippen LogP contribution in [0.5, 0.6) is 0 Å². The average Bonchev–Trinajstić information content (AvgIpc) is 2.75. The standard InChI is InChI=1S/C25H35N3O2/c1-18(2)17-21-5-7-22(8-6-21)19(3)26-20(4)25(29)27-23-9-11-24(12-10-23)28-13-15-30-16-14-28/h5-12,18-20,26H,13-17H2,1-4H3,(H,27,29)/p+1/t19-,20-/m0/s1. The maximum Gasteiger partial charge on any atom is 0.282 e. The van der Waals surface area contributed by atoms with Gasteiger partial charge in [0.2, 0.25) is 0 Å². The van der Waals surface area contributed by atoms with Crippen LogP contribution in [0.4, 0.5) is 11.4 Å². The van der Waals surface area contributed by atoms with Gasteiger partial charge in [-0.15, -0.1) is 0 Å². The molecule has 5 heteroatoms. The Bertz CT molecular complexity index is 796. The minimum absolute atomic E-state index is 0.0254. The van der Waals surface area contributed by atoms with Gasteiger partial charge in [-0.05, 0) is 56.0 Å². The second-order valence-corrected chi connectivity index (χ2v) is 8.74. The number of nitrogens with one attached hydrogen (secondary N) is 1. The van der Waals surface area contributed by atoms with Crippen LogP contribution in [-0.2, 0) is 16.0 Å². The Morgan fingerprint density at radius 2 is 1.63 bits per heavy atom. The van der Waals surface area contributed by atoms with Crippen molar-refractivity contribution in [1.82, 2.24) is 0 Å². The number of morpholine rings is 1. The molecule has 2 aromatic rings. The van der Waals surface area contributed by atoms with E-state index in [-0.39, 0.29) is 18.0 Å². The molecule has 5 nitrogen and oxygen atoms in total. The van der Waals surface area contributed by atoms with Gasteiger partial charge in [0.1, 0.15) is 6.04 Å². The van der Waals surface area contributed by atoms with Crippen molar-refractivity contribution in [2.45, 2.75) is 46.2 Å². The van der Waals surface area contributed by atoms with Crippen molar-refractivity contribution in [3.05, 3.63) is 59.7 Å². The first-order valence-corrected chi connectivity index (χ1v) is 11.1. The van der Waals surface area contributed by atoms with Crippen molar-refractivity contribution < 1.29 is 14.8 Å². The number of hydrogen-bond acceptors (Lipinski definition) is 3. The van der Waals surface area contributed by atoms with E-state index in [1.165, 1.54) is 16.8 Å². The van der Waals surface area contributed by atoms with E-state index in [0.29, 0.717) is 5.92 Å². The van der Waals surface area contributed by atoms with Crippen LogP contribution in [0.25, 0.3) is 0 Å². The van der Waals surface area contributed by atoms with Gasteiger partial charge < -0.3 is 20.3 Å². The molecule has 3 N–H and O–H groups in total. The smallest absolute Gasteiger partial charge is 0.282 e. The van der Waals surface area contributed by atoms with E-state index < -0.39 is 0 Å². The highest BCUT2D eigenvalue weighted by Gasteiger charge is 2.20. The van der Waals surface area contributed by atoms with E-state index in [1.807, 2.05) is 19.1 Å². The largest absolute Gasteiger partial charge is 0.378 e. The molecule has 0 unspecified atom stereocenters. The van der Waals surface area contributed by atoms with Gasteiger partial charge >= 0.3 is 0 Å². The lowest BCUT2D eigenvalue weighted by Crippen LogP contribution is -2.91. The highest BCUT2D eigenvalue weighted by Crippen LogP contribution is 2.19. The number of anilines is 2. The molecule has 0 aliphatic carbocycles. The number of rotatable bonds is 8. The molecule has 3 rings (SSSR count). The number of nitrogens with two attached hydrogens (primary N) is 1. The SMILES string of the molecule is CC(C)Cc1ccc([C@H](C)[NH2+][C@@H](C)C(=O)Nc2ccc(N3CCOCC3)cc2)cc1. The van der Waals surface area contributed by atoms with Crippen LogP contribution in [-0.4, -0.2) is 38.3 Å². The number of nitrogens with zero attached hydrogens (tertiary/aromatic N) is 1. The lowest BCUT2D eigenvalue weighted by Gasteiger charge is -2.29. The van der Waals surface area contributed by atoms with Crippen LogP contribution >= 0.6 is 0 Å². The van der Waals surface area contributed by atoms with E-state index in [2.05, 4.69) is 72.7 Å². The van der Waals surface area contributed by atoms with E-state index in [9.17, 15) is 4.79 Å². The van der Waals surface area contributed by atoms with Gasteiger partial charge in [-0.3, -0.25) is 4.79 Å². The zero-order valence-electron chi connectivity index (χ0n) is 18.7. The van der Waals surface area contributed by atoms with Crippen molar-refractivity contribution in [2.24, 2.45) is 5.92 Å². The Labute approximate surface area is 180 Å². The summed E-state index contributed by atoms with van der Waals surface area (Å²) in [6, 6.07) is 16.9. The molecule has 0 aromatic heterocycles. The van der Waals surface area contributed by atoms with E-state index in [4.69, 9.17) is 4.74 Å². The molecule has 162 valence electrons. The summed E-state index contributed by atoms with van der Waals surface area (Å²) in [7, 11) is 0. The molecule has 2 aromatic carbocycles. The Morgan fingerprint density at radius 1 is 1.00 bits per heavy atom. The third kappa shape index (κ3) is 6.31. The van der Waals surface area contributed by atoms with Crippen molar-refractivity contribution in [3.8, 4) is 0 Å². The fourth-order valence-electron chi connectivity index (χ4n) is 3.89. The summed E-state index contributed by atoms with van der Waals surface area (Å²) in [6.07, 6.45) is 1.10. The lowest BCUT2D eigenvalue weighted by molar-refractivity contribution is -0.709. The number of carbonyl (C=O) groups is 1. The fraction of sp³-hybridized carbons (Fsp3) is 0.480. The van der Waals surface area contributed by atoms with Gasteiger partial charge in [-0.1, -0.05) is 38.1 Å². The second-order valence-electron chi connectivity index (χ2n) is 8.74. The molecule has 0 spiro atoms. The normalized spacial score (nSPS) is 16.4. The van der Waals surface area contributed by atoms with Crippen LogP contribution in [0, 0.1) is 5.92 Å². The third-order valence-corrected chi connectivity index (χ3v) is 5.65. The summed E-state index contributed by atoms with van der Waals surface area (Å²) >= 11 is 0. The number of benzene rings is 2. The molecule has 1 aliphatic heterocycles. The quantitative estimate of drug-likeness (QED) is 0.701. The molecule has 30 heavy (non-hydrogen) atoms. The molecular weight excluding hydrogens is 374 g/mol. The lowest BCUT2D eigenvalue weighted by atomic mass is 9.99. The van der Waals surface area contributed by atoms with E-state index in [0.717, 1.165) is 38.4 Å². The van der Waals surface area contributed by atoms with Gasteiger partial charge in [0, 0.05) is 30.0 Å². The molecule has 0 saturated carbocycles. The maximum absolute atomic E-state index is 12.7. The first-order valence-electron chi connectivity index (χ1n) is 11.1. The topological polar surface area (TPSA) is 58.2 Å². The van der Waals surface area contributed by atoms with E-state index in [1.54, 1.807) is 0 Å². The minimum Gasteiger partial charge on any atom is -0.378 e. The first-order chi connectivity index (χ1) is 14.4. The van der Waals surface area contributed by atoms with Gasteiger partial charge in [0.25, 0.3) is 5.91 Å². The van der Waals surface area contributed by atoms with Crippen molar-refractivity contribution in [2.75, 3.05) is 36.5 Å². The molecular formula is C25H36N3O2+. The zero-order chi connectivity index (χ0) is 21.5. The third-order valence-electron chi connectivity index (χ3n) is 5.65. The average molecular weight is 411 g/mol. The molecule has 1 fully saturated rings. The molecule has 0 bridgehead atoms. The summed E-state index contributed by atoms with van der Waals surface area (Å²) in [5.74, 6) is 0.684. The van der Waals surface area contributed by atoms with Crippen LogP contribution in [0.3, 0.4) is 0 Å². The number of ether oxygens (including phenoxy) is 1. The molecule has 1 heterocycles. The predicted octanol–water partition coefficient (Wildman–Crippen LogP) is 3.37. The second kappa shape index (κ2) is 10.6. The minimum atomic E-state index is -0.172. The molecule has 0 radical (unpaired) electrons. The van der Waals surface area contributed by atoms with Crippen molar-refractivity contribution in [1.29, 1.82) is 0 Å². The monoisotopic (exact) mass is 410 g/mol. The fourth-order valence-corrected chi connectivity index (χ4v) is 3.89. The number of hydrogen-bond donors (Lipinski definition) is 2. The Kier molecular flexibility index (Phi) is 7.88. The maximum atomic E-state index is 12.7. The number of amides is 1. The molecule has 1 aliphatic rings. The molecule has 1 amide bonds. The predicted molar refractivity (Wildman–Crippen MR) is 123 cm³/mol. The Hall–Kier alpha value is -2.37. The number of carbonyl (C=O) groups excluding carboxylic acids is 1. The van der Waals surface area contributed by atoms with Gasteiger partial charge in [-0.25, -0.2) is 0 Å². The summed E-state index contributed by atoms with van der Waals surface area (Å²) in [5.41, 5.74) is 4.62. The number of quaternary nitrogens is 1. The van der Waals surface area contributed by atoms with Crippen LogP contribution in [0.1, 0.15) is 44.9 Å². The van der Waals surface area contributed by atoms with Crippen molar-refractivity contribution in [3.63, 3.8) is 0 Å². The van der Waals surface area contributed by atoms with Crippen LogP contribution in [0.15, 0.2) is 48.5 Å². The Balaban J connectivity index is 1.51. The van der Waals surface area contributed by atoms with Gasteiger partial charge in [0.05, 0.1) is 13.2 Å². The summed E-state index contributed by atoms with van der Waals surface area (Å²) in [4.78, 5) is 15.0. The Morgan fingerprint density at radius 3 is 2.23 bits per heavy atom. The van der Waals surface area contributed by atoms with Crippen LogP contribution in [0.2, 0.25) is 0 Å². The highest BCUT2D eigenvalue weighted by molar-refractivity contribution is 5.93. The van der Waals surface area contributed by atoms with E-state index >= 15 is 0 Å². The summed E-state index contributed by atoms with van der Waals surface area (Å²) in [6.45, 7) is 11.9. The van der Waals surface area contributed by atoms with Gasteiger partial charge in [-0.2, -0.15) is 0 Å². The first kappa shape index (κ1) is 22.3. The van der Waals surface area contributed by atoms with Crippen molar-refractivity contribution >= 4 is 17.3 Å². The highest BCUT2D eigenvalue weighted by atomic mass is 16.5. The molecule has 1 saturated heterocycles. The summed E-state index contributed by atoms with van der Waals surface area (Å²) < 4.78 is 5.41. The van der Waals surface area contributed by atoms with Gasteiger partial charge in [0.15, 0.2) is 6.04 Å². The van der Waals surface area contributed by atoms with Crippen LogP contribution < -0.4 is 15.5 Å². The zero-order valence-corrected chi connectivity index (χ0v) is 18.7.